The molecule has 3 aromatic rings. The Hall–Kier alpha value is -2.33. The van der Waals surface area contributed by atoms with E-state index in [0.29, 0.717) is 10.7 Å². The van der Waals surface area contributed by atoms with Crippen molar-refractivity contribution >= 4 is 28.2 Å². The predicted octanol–water partition coefficient (Wildman–Crippen LogP) is 4.19. The minimum Gasteiger partial charge on any atom is -0.311 e. The predicted molar refractivity (Wildman–Crippen MR) is 74.9 cm³/mol. The van der Waals surface area contributed by atoms with Crippen LogP contribution in [0.1, 0.15) is 0 Å². The van der Waals surface area contributed by atoms with Crippen molar-refractivity contribution in [2.45, 2.75) is 0 Å². The summed E-state index contributed by atoms with van der Waals surface area (Å²) in [4.78, 5) is 10.7. The van der Waals surface area contributed by atoms with E-state index in [0.717, 1.165) is 10.9 Å². The molecule has 1 aromatic heterocycles. The van der Waals surface area contributed by atoms with Crippen molar-refractivity contribution in [3.05, 3.63) is 69.9 Å². The van der Waals surface area contributed by atoms with Gasteiger partial charge in [-0.25, -0.2) is 0 Å². The van der Waals surface area contributed by atoms with Crippen molar-refractivity contribution in [3.63, 3.8) is 0 Å². The molecule has 0 aliphatic rings. The Morgan fingerprint density at radius 1 is 1.11 bits per heavy atom. The van der Waals surface area contributed by atoms with Crippen LogP contribution in [-0.4, -0.2) is 9.49 Å². The monoisotopic (exact) mass is 272 g/mol. The van der Waals surface area contributed by atoms with Crippen LogP contribution in [0.15, 0.2) is 54.7 Å². The summed E-state index contributed by atoms with van der Waals surface area (Å²) in [5, 5.41) is 12.7. The molecule has 94 valence electrons. The van der Waals surface area contributed by atoms with Crippen molar-refractivity contribution < 1.29 is 4.92 Å². The zero-order valence-electron chi connectivity index (χ0n) is 9.79. The molecular weight excluding hydrogens is 264 g/mol. The van der Waals surface area contributed by atoms with Crippen molar-refractivity contribution in [2.24, 2.45) is 0 Å². The molecule has 0 spiro atoms. The minimum absolute atomic E-state index is 0.0787. The SMILES string of the molecule is O=[N+]([O-])c1ccccc1-n1ccc2cc(Cl)ccc21. The molecule has 0 saturated carbocycles. The summed E-state index contributed by atoms with van der Waals surface area (Å²) in [7, 11) is 0. The average Bonchev–Trinajstić information content (AvgIpc) is 2.81. The standard InChI is InChI=1S/C14H9ClN2O2/c15-11-5-6-12-10(9-11)7-8-16(12)13-3-1-2-4-14(13)17(18)19/h1-9H. The fourth-order valence-electron chi connectivity index (χ4n) is 2.15. The number of rotatable bonds is 2. The molecule has 0 N–H and O–H groups in total. The van der Waals surface area contributed by atoms with Crippen LogP contribution in [0, 0.1) is 10.1 Å². The van der Waals surface area contributed by atoms with E-state index in [1.807, 2.05) is 24.4 Å². The second kappa shape index (κ2) is 4.40. The summed E-state index contributed by atoms with van der Waals surface area (Å²) in [6, 6.07) is 14.0. The van der Waals surface area contributed by atoms with Gasteiger partial charge in [0.05, 0.1) is 10.4 Å². The van der Waals surface area contributed by atoms with Gasteiger partial charge in [-0.05, 0) is 30.3 Å². The third kappa shape index (κ3) is 1.96. The Morgan fingerprint density at radius 2 is 1.89 bits per heavy atom. The summed E-state index contributed by atoms with van der Waals surface area (Å²) in [6.07, 6.45) is 1.81. The normalized spacial score (nSPS) is 10.8. The highest BCUT2D eigenvalue weighted by molar-refractivity contribution is 6.31. The van der Waals surface area contributed by atoms with Crippen LogP contribution in [0.3, 0.4) is 0 Å². The molecule has 0 saturated heterocycles. The summed E-state index contributed by atoms with van der Waals surface area (Å²) in [6.45, 7) is 0. The van der Waals surface area contributed by atoms with E-state index in [1.54, 1.807) is 28.8 Å². The van der Waals surface area contributed by atoms with Gasteiger partial charge in [0, 0.05) is 22.7 Å². The summed E-state index contributed by atoms with van der Waals surface area (Å²) < 4.78 is 1.80. The maximum Gasteiger partial charge on any atom is 0.293 e. The van der Waals surface area contributed by atoms with Crippen LogP contribution in [0.5, 0.6) is 0 Å². The van der Waals surface area contributed by atoms with Crippen LogP contribution in [0.4, 0.5) is 5.69 Å². The van der Waals surface area contributed by atoms with E-state index in [1.165, 1.54) is 6.07 Å². The largest absolute Gasteiger partial charge is 0.311 e. The van der Waals surface area contributed by atoms with Gasteiger partial charge in [-0.2, -0.15) is 0 Å². The third-order valence-corrected chi connectivity index (χ3v) is 3.23. The molecule has 0 atom stereocenters. The molecule has 0 fully saturated rings. The van der Waals surface area contributed by atoms with Crippen molar-refractivity contribution in [1.82, 2.24) is 4.57 Å². The molecule has 19 heavy (non-hydrogen) atoms. The van der Waals surface area contributed by atoms with E-state index < -0.39 is 0 Å². The van der Waals surface area contributed by atoms with Crippen LogP contribution in [-0.2, 0) is 0 Å². The fraction of sp³-hybridized carbons (Fsp3) is 0. The lowest BCUT2D eigenvalue weighted by molar-refractivity contribution is -0.384. The number of aromatic nitrogens is 1. The first kappa shape index (κ1) is 11.7. The quantitative estimate of drug-likeness (QED) is 0.519. The Bertz CT molecular complexity index is 780. The van der Waals surface area contributed by atoms with Gasteiger partial charge in [0.2, 0.25) is 0 Å². The van der Waals surface area contributed by atoms with Crippen LogP contribution in [0.2, 0.25) is 5.02 Å². The number of halogens is 1. The van der Waals surface area contributed by atoms with Crippen molar-refractivity contribution in [1.29, 1.82) is 0 Å². The van der Waals surface area contributed by atoms with Gasteiger partial charge in [0.1, 0.15) is 5.69 Å². The highest BCUT2D eigenvalue weighted by Gasteiger charge is 2.15. The van der Waals surface area contributed by atoms with Gasteiger partial charge in [-0.15, -0.1) is 0 Å². The molecule has 1 heterocycles. The summed E-state index contributed by atoms with van der Waals surface area (Å²) in [5.41, 5.74) is 1.51. The van der Waals surface area contributed by atoms with Gasteiger partial charge in [0.25, 0.3) is 5.69 Å². The van der Waals surface area contributed by atoms with Crippen molar-refractivity contribution in [2.75, 3.05) is 0 Å². The van der Waals surface area contributed by atoms with E-state index in [9.17, 15) is 10.1 Å². The topological polar surface area (TPSA) is 48.1 Å². The number of para-hydroxylation sites is 2. The van der Waals surface area contributed by atoms with E-state index in [2.05, 4.69) is 0 Å². The Balaban J connectivity index is 2.28. The van der Waals surface area contributed by atoms with Gasteiger partial charge in [0.15, 0.2) is 0 Å². The summed E-state index contributed by atoms with van der Waals surface area (Å²) >= 11 is 5.94. The molecule has 0 radical (unpaired) electrons. The fourth-order valence-corrected chi connectivity index (χ4v) is 2.33. The van der Waals surface area contributed by atoms with Crippen molar-refractivity contribution in [3.8, 4) is 5.69 Å². The first-order chi connectivity index (χ1) is 9.16. The molecule has 4 nitrogen and oxygen atoms in total. The molecule has 2 aromatic carbocycles. The second-order valence-electron chi connectivity index (χ2n) is 4.13. The lowest BCUT2D eigenvalue weighted by atomic mass is 10.2. The lowest BCUT2D eigenvalue weighted by Crippen LogP contribution is -1.98. The van der Waals surface area contributed by atoms with Gasteiger partial charge < -0.3 is 4.57 Å². The highest BCUT2D eigenvalue weighted by atomic mass is 35.5. The molecular formula is C14H9ClN2O2. The second-order valence-corrected chi connectivity index (χ2v) is 4.57. The minimum atomic E-state index is -0.378. The molecule has 0 aliphatic carbocycles. The number of hydrogen-bond donors (Lipinski definition) is 0. The Labute approximate surface area is 114 Å². The number of nitro groups is 1. The van der Waals surface area contributed by atoms with Crippen LogP contribution < -0.4 is 0 Å². The van der Waals surface area contributed by atoms with Crippen LogP contribution >= 0.6 is 11.6 Å². The van der Waals surface area contributed by atoms with E-state index in [4.69, 9.17) is 11.6 Å². The van der Waals surface area contributed by atoms with Gasteiger partial charge >= 0.3 is 0 Å². The highest BCUT2D eigenvalue weighted by Crippen LogP contribution is 2.28. The first-order valence-electron chi connectivity index (χ1n) is 5.67. The number of benzene rings is 2. The molecule has 3 rings (SSSR count). The van der Waals surface area contributed by atoms with Gasteiger partial charge in [-0.3, -0.25) is 10.1 Å². The number of fused-ring (bicyclic) bond motifs is 1. The number of hydrogen-bond acceptors (Lipinski definition) is 2. The van der Waals surface area contributed by atoms with Gasteiger partial charge in [-0.1, -0.05) is 23.7 Å². The zero-order chi connectivity index (χ0) is 13.4. The maximum atomic E-state index is 11.1. The Kier molecular flexibility index (Phi) is 2.72. The Morgan fingerprint density at radius 3 is 2.68 bits per heavy atom. The molecule has 0 bridgehead atoms. The zero-order valence-corrected chi connectivity index (χ0v) is 10.5. The van der Waals surface area contributed by atoms with E-state index >= 15 is 0 Å². The first-order valence-corrected chi connectivity index (χ1v) is 6.05. The van der Waals surface area contributed by atoms with E-state index in [-0.39, 0.29) is 10.6 Å². The lowest BCUT2D eigenvalue weighted by Gasteiger charge is -2.06. The average molecular weight is 273 g/mol. The maximum absolute atomic E-state index is 11.1. The molecule has 0 amide bonds. The smallest absolute Gasteiger partial charge is 0.293 e. The number of nitrogens with zero attached hydrogens (tertiary/aromatic N) is 2. The third-order valence-electron chi connectivity index (χ3n) is 2.99. The summed E-state index contributed by atoms with van der Waals surface area (Å²) in [5.74, 6) is 0. The molecule has 0 aliphatic heterocycles. The van der Waals surface area contributed by atoms with Crippen LogP contribution in [0.25, 0.3) is 16.6 Å². The number of nitro benzene ring substituents is 1. The molecule has 5 heteroatoms. The molecule has 0 unspecified atom stereocenters.